The first kappa shape index (κ1) is 21.7. The Labute approximate surface area is 190 Å². The number of thioether (sulfide) groups is 1. The molecule has 1 N–H and O–H groups in total. The Morgan fingerprint density at radius 2 is 1.81 bits per heavy atom. The average molecular weight is 458 g/mol. The number of rotatable bonds is 6. The SMILES string of the molecule is Cc1ccc(-n2c(SCC(=O)Nc3ccc(C)cc3Cl)nnc2N2CCOCC2)cc1. The number of aromatic nitrogens is 3. The van der Waals surface area contributed by atoms with E-state index in [4.69, 9.17) is 16.3 Å². The number of amides is 1. The predicted octanol–water partition coefficient (Wildman–Crippen LogP) is 4.10. The predicted molar refractivity (Wildman–Crippen MR) is 125 cm³/mol. The van der Waals surface area contributed by atoms with Gasteiger partial charge in [0.1, 0.15) is 0 Å². The molecule has 0 saturated carbocycles. The van der Waals surface area contributed by atoms with E-state index in [1.165, 1.54) is 17.3 Å². The summed E-state index contributed by atoms with van der Waals surface area (Å²) < 4.78 is 7.48. The Kier molecular flexibility index (Phi) is 6.80. The summed E-state index contributed by atoms with van der Waals surface area (Å²) in [7, 11) is 0. The summed E-state index contributed by atoms with van der Waals surface area (Å²) in [5, 5.41) is 12.9. The lowest BCUT2D eigenvalue weighted by Gasteiger charge is -2.28. The number of morpholine rings is 1. The molecule has 1 fully saturated rings. The largest absolute Gasteiger partial charge is 0.378 e. The van der Waals surface area contributed by atoms with E-state index in [2.05, 4.69) is 39.5 Å². The zero-order valence-electron chi connectivity index (χ0n) is 17.5. The fourth-order valence-corrected chi connectivity index (χ4v) is 4.31. The summed E-state index contributed by atoms with van der Waals surface area (Å²) in [6.07, 6.45) is 0. The van der Waals surface area contributed by atoms with E-state index in [1.54, 1.807) is 0 Å². The highest BCUT2D eigenvalue weighted by molar-refractivity contribution is 7.99. The summed E-state index contributed by atoms with van der Waals surface area (Å²) >= 11 is 7.58. The summed E-state index contributed by atoms with van der Waals surface area (Å²) in [5.41, 5.74) is 3.78. The molecule has 0 bridgehead atoms. The fourth-order valence-electron chi connectivity index (χ4n) is 3.28. The third-order valence-electron chi connectivity index (χ3n) is 4.93. The molecule has 1 amide bonds. The monoisotopic (exact) mass is 457 g/mol. The molecule has 1 aromatic heterocycles. The molecule has 7 nitrogen and oxygen atoms in total. The van der Waals surface area contributed by atoms with Crippen LogP contribution in [0.25, 0.3) is 5.69 Å². The van der Waals surface area contributed by atoms with Gasteiger partial charge in [0.05, 0.1) is 35.4 Å². The van der Waals surface area contributed by atoms with Crippen LogP contribution >= 0.6 is 23.4 Å². The van der Waals surface area contributed by atoms with Crippen LogP contribution in [0.5, 0.6) is 0 Å². The van der Waals surface area contributed by atoms with Gasteiger partial charge in [0.2, 0.25) is 11.9 Å². The standard InChI is InChI=1S/C22H24ClN5O2S/c1-15-3-6-17(7-4-15)28-21(27-9-11-30-12-10-27)25-26-22(28)31-14-20(29)24-19-8-5-16(2)13-18(19)23/h3-8,13H,9-12,14H2,1-2H3,(H,24,29). The van der Waals surface area contributed by atoms with Crippen molar-refractivity contribution in [2.75, 3.05) is 42.3 Å². The van der Waals surface area contributed by atoms with Crippen LogP contribution in [0.1, 0.15) is 11.1 Å². The van der Waals surface area contributed by atoms with Crippen LogP contribution in [-0.2, 0) is 9.53 Å². The third kappa shape index (κ3) is 5.20. The molecule has 3 aromatic rings. The van der Waals surface area contributed by atoms with E-state index in [0.29, 0.717) is 29.1 Å². The number of nitrogens with one attached hydrogen (secondary N) is 1. The molecule has 0 radical (unpaired) electrons. The topological polar surface area (TPSA) is 72.3 Å². The Bertz CT molecular complexity index is 1060. The number of halogens is 1. The summed E-state index contributed by atoms with van der Waals surface area (Å²) in [5.74, 6) is 0.802. The first-order valence-corrected chi connectivity index (χ1v) is 11.4. The number of hydrogen-bond donors (Lipinski definition) is 1. The van der Waals surface area contributed by atoms with Gasteiger partial charge in [0.15, 0.2) is 5.16 Å². The number of nitrogens with zero attached hydrogens (tertiary/aromatic N) is 4. The molecular formula is C22H24ClN5O2S. The molecule has 31 heavy (non-hydrogen) atoms. The Morgan fingerprint density at radius 3 is 2.52 bits per heavy atom. The first-order chi connectivity index (χ1) is 15.0. The molecule has 1 saturated heterocycles. The highest BCUT2D eigenvalue weighted by Gasteiger charge is 2.22. The minimum absolute atomic E-state index is 0.151. The van der Waals surface area contributed by atoms with Gasteiger partial charge < -0.3 is 15.0 Å². The Morgan fingerprint density at radius 1 is 1.10 bits per heavy atom. The molecule has 0 atom stereocenters. The highest BCUT2D eigenvalue weighted by atomic mass is 35.5. The van der Waals surface area contributed by atoms with Gasteiger partial charge in [-0.3, -0.25) is 9.36 Å². The molecule has 4 rings (SSSR count). The minimum Gasteiger partial charge on any atom is -0.378 e. The number of aryl methyl sites for hydroxylation is 2. The van der Waals surface area contributed by atoms with E-state index in [1.807, 2.05) is 41.8 Å². The summed E-state index contributed by atoms with van der Waals surface area (Å²) in [6.45, 7) is 6.82. The maximum absolute atomic E-state index is 12.5. The van der Waals surface area contributed by atoms with Crippen LogP contribution < -0.4 is 10.2 Å². The van der Waals surface area contributed by atoms with Gasteiger partial charge >= 0.3 is 0 Å². The first-order valence-electron chi connectivity index (χ1n) is 10.1. The second kappa shape index (κ2) is 9.72. The number of benzene rings is 2. The molecular weight excluding hydrogens is 434 g/mol. The van der Waals surface area contributed by atoms with Gasteiger partial charge in [-0.25, -0.2) is 0 Å². The maximum Gasteiger partial charge on any atom is 0.234 e. The van der Waals surface area contributed by atoms with Crippen LogP contribution in [0.3, 0.4) is 0 Å². The van der Waals surface area contributed by atoms with Crippen molar-refractivity contribution >= 4 is 40.9 Å². The average Bonchev–Trinajstić information content (AvgIpc) is 3.19. The molecule has 2 aromatic carbocycles. The zero-order valence-corrected chi connectivity index (χ0v) is 19.0. The van der Waals surface area contributed by atoms with E-state index < -0.39 is 0 Å². The lowest BCUT2D eigenvalue weighted by atomic mass is 10.2. The van der Waals surface area contributed by atoms with Crippen molar-refractivity contribution in [3.63, 3.8) is 0 Å². The third-order valence-corrected chi connectivity index (χ3v) is 6.18. The number of carbonyl (C=O) groups excluding carboxylic acids is 1. The second-order valence-corrected chi connectivity index (χ2v) is 8.72. The second-order valence-electron chi connectivity index (χ2n) is 7.37. The molecule has 0 unspecified atom stereocenters. The van der Waals surface area contributed by atoms with Crippen molar-refractivity contribution in [1.29, 1.82) is 0 Å². The van der Waals surface area contributed by atoms with Gasteiger partial charge in [-0.15, -0.1) is 10.2 Å². The van der Waals surface area contributed by atoms with Crippen molar-refractivity contribution < 1.29 is 9.53 Å². The van der Waals surface area contributed by atoms with E-state index in [0.717, 1.165) is 30.3 Å². The molecule has 1 aliphatic heterocycles. The van der Waals surface area contributed by atoms with Crippen LogP contribution in [-0.4, -0.2) is 52.7 Å². The van der Waals surface area contributed by atoms with Crippen molar-refractivity contribution in [2.24, 2.45) is 0 Å². The van der Waals surface area contributed by atoms with Crippen LogP contribution in [0.4, 0.5) is 11.6 Å². The maximum atomic E-state index is 12.5. The summed E-state index contributed by atoms with van der Waals surface area (Å²) in [6, 6.07) is 13.7. The Hall–Kier alpha value is -2.55. The van der Waals surface area contributed by atoms with Crippen molar-refractivity contribution in [3.05, 3.63) is 58.6 Å². The quantitative estimate of drug-likeness (QED) is 0.562. The van der Waals surface area contributed by atoms with Crippen molar-refractivity contribution in [1.82, 2.24) is 14.8 Å². The normalized spacial score (nSPS) is 14.0. The van der Waals surface area contributed by atoms with Gasteiger partial charge in [-0.2, -0.15) is 0 Å². The zero-order chi connectivity index (χ0) is 21.8. The van der Waals surface area contributed by atoms with Crippen molar-refractivity contribution in [2.45, 2.75) is 19.0 Å². The number of carbonyl (C=O) groups is 1. The molecule has 0 spiro atoms. The van der Waals surface area contributed by atoms with Crippen LogP contribution in [0.15, 0.2) is 47.6 Å². The summed E-state index contributed by atoms with van der Waals surface area (Å²) in [4.78, 5) is 14.7. The van der Waals surface area contributed by atoms with Gasteiger partial charge in [-0.05, 0) is 43.7 Å². The van der Waals surface area contributed by atoms with Gasteiger partial charge in [-0.1, -0.05) is 47.1 Å². The van der Waals surface area contributed by atoms with Crippen LogP contribution in [0, 0.1) is 13.8 Å². The smallest absolute Gasteiger partial charge is 0.234 e. The highest BCUT2D eigenvalue weighted by Crippen LogP contribution is 2.28. The molecule has 1 aliphatic rings. The fraction of sp³-hybridized carbons (Fsp3) is 0.318. The van der Waals surface area contributed by atoms with Crippen molar-refractivity contribution in [3.8, 4) is 5.69 Å². The molecule has 2 heterocycles. The van der Waals surface area contributed by atoms with Gasteiger partial charge in [0.25, 0.3) is 0 Å². The lowest BCUT2D eigenvalue weighted by Crippen LogP contribution is -2.37. The van der Waals surface area contributed by atoms with E-state index in [9.17, 15) is 4.79 Å². The molecule has 9 heteroatoms. The van der Waals surface area contributed by atoms with Gasteiger partial charge in [0, 0.05) is 13.1 Å². The lowest BCUT2D eigenvalue weighted by molar-refractivity contribution is -0.113. The van der Waals surface area contributed by atoms with E-state index >= 15 is 0 Å². The van der Waals surface area contributed by atoms with E-state index in [-0.39, 0.29) is 11.7 Å². The molecule has 0 aliphatic carbocycles. The number of hydrogen-bond acceptors (Lipinski definition) is 6. The molecule has 162 valence electrons. The number of anilines is 2. The minimum atomic E-state index is -0.151. The Balaban J connectivity index is 1.54. The van der Waals surface area contributed by atoms with Crippen LogP contribution in [0.2, 0.25) is 5.02 Å². The number of ether oxygens (including phenoxy) is 1.